The van der Waals surface area contributed by atoms with Gasteiger partial charge in [0.1, 0.15) is 6.10 Å². The van der Waals surface area contributed by atoms with Gasteiger partial charge in [0.25, 0.3) is 0 Å². The summed E-state index contributed by atoms with van der Waals surface area (Å²) in [4.78, 5) is 11.6. The van der Waals surface area contributed by atoms with E-state index >= 15 is 0 Å². The third kappa shape index (κ3) is 3.32. The second-order valence-corrected chi connectivity index (χ2v) is 5.54. The zero-order valence-corrected chi connectivity index (χ0v) is 9.80. The van der Waals surface area contributed by atoms with E-state index in [1.54, 1.807) is 0 Å². The lowest BCUT2D eigenvalue weighted by Gasteiger charge is -2.28. The zero-order chi connectivity index (χ0) is 10.8. The molecule has 0 spiro atoms. The number of hydrogen-bond donors (Lipinski definition) is 0. The van der Waals surface area contributed by atoms with Gasteiger partial charge >= 0.3 is 5.97 Å². The van der Waals surface area contributed by atoms with Gasteiger partial charge in [-0.05, 0) is 52.4 Å². The van der Waals surface area contributed by atoms with Crippen molar-refractivity contribution in [2.24, 2.45) is 11.3 Å². The van der Waals surface area contributed by atoms with E-state index in [0.29, 0.717) is 0 Å². The van der Waals surface area contributed by atoms with Gasteiger partial charge in [-0.3, -0.25) is 4.79 Å². The van der Waals surface area contributed by atoms with Crippen LogP contribution in [0.3, 0.4) is 0 Å². The van der Waals surface area contributed by atoms with Crippen molar-refractivity contribution < 1.29 is 9.53 Å². The maximum Gasteiger partial charge on any atom is 0.311 e. The number of rotatable bonds is 1. The molecule has 0 unspecified atom stereocenters. The minimum atomic E-state index is -0.358. The summed E-state index contributed by atoms with van der Waals surface area (Å²) < 4.78 is 5.47. The molecule has 1 rings (SSSR count). The van der Waals surface area contributed by atoms with Gasteiger partial charge in [-0.25, -0.2) is 0 Å². The van der Waals surface area contributed by atoms with Crippen LogP contribution in [0.4, 0.5) is 0 Å². The van der Waals surface area contributed by atoms with E-state index in [9.17, 15) is 4.79 Å². The lowest BCUT2D eigenvalue weighted by Crippen LogP contribution is -2.30. The van der Waals surface area contributed by atoms with Gasteiger partial charge in [-0.1, -0.05) is 6.92 Å². The highest BCUT2D eigenvalue weighted by Gasteiger charge is 2.28. The highest BCUT2D eigenvalue weighted by Crippen LogP contribution is 2.27. The summed E-state index contributed by atoms with van der Waals surface area (Å²) in [5.41, 5.74) is -0.358. The first-order valence-corrected chi connectivity index (χ1v) is 5.60. The average molecular weight is 198 g/mol. The van der Waals surface area contributed by atoms with Crippen molar-refractivity contribution in [3.8, 4) is 0 Å². The maximum atomic E-state index is 11.6. The third-order valence-corrected chi connectivity index (χ3v) is 2.85. The summed E-state index contributed by atoms with van der Waals surface area (Å²) in [7, 11) is 0. The molecule has 0 aromatic rings. The second kappa shape index (κ2) is 4.33. The molecule has 2 nitrogen and oxygen atoms in total. The first-order valence-electron chi connectivity index (χ1n) is 5.60. The molecule has 1 aliphatic carbocycles. The average Bonchev–Trinajstić information content (AvgIpc) is 2.07. The number of carbonyl (C=O) groups excluding carboxylic acids is 1. The van der Waals surface area contributed by atoms with Gasteiger partial charge in [-0.15, -0.1) is 0 Å². The Bertz CT molecular complexity index is 195. The Morgan fingerprint density at radius 2 is 1.64 bits per heavy atom. The molecule has 0 amide bonds. The van der Waals surface area contributed by atoms with E-state index in [1.807, 2.05) is 20.8 Å². The first kappa shape index (κ1) is 11.5. The van der Waals surface area contributed by atoms with Gasteiger partial charge < -0.3 is 4.74 Å². The Hall–Kier alpha value is -0.530. The molecular formula is C12H22O2. The predicted octanol–water partition coefficient (Wildman–Crippen LogP) is 3.15. The van der Waals surface area contributed by atoms with Crippen molar-refractivity contribution in [1.82, 2.24) is 0 Å². The fourth-order valence-electron chi connectivity index (χ4n) is 1.68. The van der Waals surface area contributed by atoms with Gasteiger partial charge in [0.2, 0.25) is 0 Å². The van der Waals surface area contributed by atoms with Gasteiger partial charge in [0.05, 0.1) is 5.41 Å². The standard InChI is InChI=1S/C12H22O2/c1-9-5-7-10(8-6-9)14-11(13)12(2,3)4/h9-10H,5-8H2,1-4H3/t9-,10+. The van der Waals surface area contributed by atoms with E-state index in [1.165, 1.54) is 12.8 Å². The fraction of sp³-hybridized carbons (Fsp3) is 0.917. The fourth-order valence-corrected chi connectivity index (χ4v) is 1.68. The van der Waals surface area contributed by atoms with Crippen LogP contribution in [-0.4, -0.2) is 12.1 Å². The summed E-state index contributed by atoms with van der Waals surface area (Å²) >= 11 is 0. The predicted molar refractivity (Wildman–Crippen MR) is 57.0 cm³/mol. The van der Waals surface area contributed by atoms with Crippen molar-refractivity contribution in [1.29, 1.82) is 0 Å². The molecule has 0 atom stereocenters. The highest BCUT2D eigenvalue weighted by atomic mass is 16.5. The minimum absolute atomic E-state index is 0.0583. The topological polar surface area (TPSA) is 26.3 Å². The molecule has 0 saturated heterocycles. The number of carbonyl (C=O) groups is 1. The Morgan fingerprint density at radius 3 is 2.07 bits per heavy atom. The normalized spacial score (nSPS) is 28.6. The largest absolute Gasteiger partial charge is 0.462 e. The van der Waals surface area contributed by atoms with Crippen molar-refractivity contribution in [2.75, 3.05) is 0 Å². The molecule has 0 aromatic heterocycles. The molecule has 82 valence electrons. The van der Waals surface area contributed by atoms with E-state index in [0.717, 1.165) is 18.8 Å². The third-order valence-electron chi connectivity index (χ3n) is 2.85. The minimum Gasteiger partial charge on any atom is -0.462 e. The Labute approximate surface area is 87.0 Å². The van der Waals surface area contributed by atoms with Gasteiger partial charge in [0.15, 0.2) is 0 Å². The van der Waals surface area contributed by atoms with Gasteiger partial charge in [0, 0.05) is 0 Å². The van der Waals surface area contributed by atoms with E-state index in [4.69, 9.17) is 4.74 Å². The molecule has 2 heteroatoms. The molecule has 1 saturated carbocycles. The molecule has 0 aliphatic heterocycles. The summed E-state index contributed by atoms with van der Waals surface area (Å²) in [5.74, 6) is 0.747. The summed E-state index contributed by atoms with van der Waals surface area (Å²) in [6, 6.07) is 0. The second-order valence-electron chi connectivity index (χ2n) is 5.54. The number of ether oxygens (including phenoxy) is 1. The van der Waals surface area contributed by atoms with Crippen molar-refractivity contribution in [2.45, 2.75) is 59.5 Å². The van der Waals surface area contributed by atoms with Crippen LogP contribution in [0.2, 0.25) is 0 Å². The molecular weight excluding hydrogens is 176 g/mol. The summed E-state index contributed by atoms with van der Waals surface area (Å²) in [5, 5.41) is 0. The molecule has 0 heterocycles. The van der Waals surface area contributed by atoms with Crippen LogP contribution in [0.5, 0.6) is 0 Å². The van der Waals surface area contributed by atoms with Crippen LogP contribution in [0.15, 0.2) is 0 Å². The van der Waals surface area contributed by atoms with Crippen LogP contribution in [-0.2, 0) is 9.53 Å². The smallest absolute Gasteiger partial charge is 0.311 e. The molecule has 1 fully saturated rings. The molecule has 1 aliphatic rings. The molecule has 0 radical (unpaired) electrons. The van der Waals surface area contributed by atoms with E-state index in [-0.39, 0.29) is 17.5 Å². The number of esters is 1. The SMILES string of the molecule is CC(C)(C)C(=O)O[C@H]1CC[C@@H](C)CC1. The number of hydrogen-bond acceptors (Lipinski definition) is 2. The van der Waals surface area contributed by atoms with Crippen molar-refractivity contribution in [3.05, 3.63) is 0 Å². The summed E-state index contributed by atoms with van der Waals surface area (Å²) in [6.45, 7) is 7.98. The van der Waals surface area contributed by atoms with Crippen LogP contribution in [0, 0.1) is 11.3 Å². The highest BCUT2D eigenvalue weighted by molar-refractivity contribution is 5.75. The monoisotopic (exact) mass is 198 g/mol. The molecule has 0 aromatic carbocycles. The van der Waals surface area contributed by atoms with Crippen LogP contribution in [0.1, 0.15) is 53.4 Å². The summed E-state index contributed by atoms with van der Waals surface area (Å²) in [6.07, 6.45) is 4.66. The lowest BCUT2D eigenvalue weighted by molar-refractivity contribution is -0.160. The Balaban J connectivity index is 2.35. The maximum absolute atomic E-state index is 11.6. The Morgan fingerprint density at radius 1 is 1.14 bits per heavy atom. The Kier molecular flexibility index (Phi) is 3.57. The zero-order valence-electron chi connectivity index (χ0n) is 9.80. The van der Waals surface area contributed by atoms with Crippen LogP contribution < -0.4 is 0 Å². The van der Waals surface area contributed by atoms with E-state index in [2.05, 4.69) is 6.92 Å². The van der Waals surface area contributed by atoms with E-state index < -0.39 is 0 Å². The van der Waals surface area contributed by atoms with Crippen molar-refractivity contribution in [3.63, 3.8) is 0 Å². The quantitative estimate of drug-likeness (QED) is 0.605. The van der Waals surface area contributed by atoms with Crippen LogP contribution in [0.25, 0.3) is 0 Å². The first-order chi connectivity index (χ1) is 6.39. The lowest BCUT2D eigenvalue weighted by atomic mass is 9.88. The van der Waals surface area contributed by atoms with Gasteiger partial charge in [-0.2, -0.15) is 0 Å². The molecule has 0 N–H and O–H groups in total. The van der Waals surface area contributed by atoms with Crippen molar-refractivity contribution >= 4 is 5.97 Å². The molecule has 14 heavy (non-hydrogen) atoms. The van der Waals surface area contributed by atoms with Crippen LogP contribution >= 0.6 is 0 Å². The molecule has 0 bridgehead atoms.